The third-order valence-corrected chi connectivity index (χ3v) is 3.60. The minimum Gasteiger partial charge on any atom is -0.433 e. The minimum atomic E-state index is -4.13. The third kappa shape index (κ3) is 3.45. The zero-order valence-electron chi connectivity index (χ0n) is 8.53. The molecule has 0 aliphatic rings. The molecule has 0 heterocycles. The smallest absolute Gasteiger partial charge is 0.387 e. The van der Waals surface area contributed by atoms with Crippen LogP contribution in [0.1, 0.15) is 11.1 Å². The second-order valence-electron chi connectivity index (χ2n) is 3.02. The Labute approximate surface area is 111 Å². The van der Waals surface area contributed by atoms with Crippen LogP contribution in [0.2, 0.25) is 0 Å². The van der Waals surface area contributed by atoms with Gasteiger partial charge in [-0.1, -0.05) is 0 Å². The molecule has 9 heteroatoms. The van der Waals surface area contributed by atoms with Crippen molar-refractivity contribution >= 4 is 31.3 Å². The van der Waals surface area contributed by atoms with Crippen LogP contribution in [0.15, 0.2) is 17.0 Å². The molecule has 0 N–H and O–H groups in total. The average molecular weight is 316 g/mol. The van der Waals surface area contributed by atoms with Crippen LogP contribution in [0.25, 0.3) is 0 Å². The fourth-order valence-electron chi connectivity index (χ4n) is 1.21. The van der Waals surface area contributed by atoms with Gasteiger partial charge in [0.2, 0.25) is 0 Å². The number of hydrogen-bond donors (Lipinski definition) is 0. The Morgan fingerprint density at radius 1 is 1.44 bits per heavy atom. The Kier molecular flexibility index (Phi) is 4.73. The van der Waals surface area contributed by atoms with E-state index in [1.807, 2.05) is 0 Å². The first-order chi connectivity index (χ1) is 8.29. The van der Waals surface area contributed by atoms with Gasteiger partial charge in [0.25, 0.3) is 9.05 Å². The molecule has 98 valence electrons. The lowest BCUT2D eigenvalue weighted by atomic mass is 10.1. The molecule has 0 aliphatic carbocycles. The summed E-state index contributed by atoms with van der Waals surface area (Å²) < 4.78 is 50.7. The maximum Gasteiger partial charge on any atom is 0.387 e. The Morgan fingerprint density at radius 2 is 2.06 bits per heavy atom. The molecule has 0 radical (unpaired) electrons. The number of nitrogens with zero attached hydrogens (tertiary/aromatic N) is 1. The molecule has 0 spiro atoms. The van der Waals surface area contributed by atoms with E-state index in [0.717, 1.165) is 12.1 Å². The molecule has 0 aromatic heterocycles. The molecule has 0 saturated carbocycles. The highest BCUT2D eigenvalue weighted by molar-refractivity contribution is 8.13. The predicted molar refractivity (Wildman–Crippen MR) is 60.4 cm³/mol. The molecular weight excluding hydrogens is 311 g/mol. The summed E-state index contributed by atoms with van der Waals surface area (Å²) in [7, 11) is 1.01. The maximum absolute atomic E-state index is 12.1. The minimum absolute atomic E-state index is 0.0266. The van der Waals surface area contributed by atoms with Crippen LogP contribution in [-0.2, 0) is 14.9 Å². The van der Waals surface area contributed by atoms with E-state index in [-0.39, 0.29) is 17.0 Å². The lowest BCUT2D eigenvalue weighted by Crippen LogP contribution is -2.06. The standard InChI is InChI=1S/C9H5Cl2F2NO3S/c10-3-5-1-7(17-9(12)13)6(4-14)2-8(5)18(11,15)16/h1-2,9H,3H2. The van der Waals surface area contributed by atoms with Crippen molar-refractivity contribution in [3.05, 3.63) is 23.3 Å². The van der Waals surface area contributed by atoms with Crippen molar-refractivity contribution in [2.24, 2.45) is 0 Å². The number of halogens is 4. The van der Waals surface area contributed by atoms with E-state index in [9.17, 15) is 17.2 Å². The fraction of sp³-hybridized carbons (Fsp3) is 0.222. The summed E-state index contributed by atoms with van der Waals surface area (Å²) in [6.45, 7) is -3.14. The van der Waals surface area contributed by atoms with Crippen LogP contribution in [0.3, 0.4) is 0 Å². The van der Waals surface area contributed by atoms with Gasteiger partial charge < -0.3 is 4.74 Å². The first-order valence-corrected chi connectivity index (χ1v) is 7.16. The lowest BCUT2D eigenvalue weighted by Gasteiger charge is -2.10. The van der Waals surface area contributed by atoms with Gasteiger partial charge in [-0.2, -0.15) is 14.0 Å². The zero-order chi connectivity index (χ0) is 13.9. The van der Waals surface area contributed by atoms with Crippen LogP contribution < -0.4 is 4.74 Å². The zero-order valence-corrected chi connectivity index (χ0v) is 10.9. The van der Waals surface area contributed by atoms with Crippen LogP contribution >= 0.6 is 22.3 Å². The van der Waals surface area contributed by atoms with Gasteiger partial charge in [0.1, 0.15) is 11.8 Å². The summed E-state index contributed by atoms with van der Waals surface area (Å²) in [5.41, 5.74) is -0.398. The number of ether oxygens (including phenoxy) is 1. The summed E-state index contributed by atoms with van der Waals surface area (Å²) >= 11 is 5.49. The Balaban J connectivity index is 3.48. The van der Waals surface area contributed by atoms with E-state index in [1.165, 1.54) is 0 Å². The SMILES string of the molecule is N#Cc1cc(S(=O)(=O)Cl)c(CCl)cc1OC(F)F. The fourth-order valence-corrected chi connectivity index (χ4v) is 2.65. The van der Waals surface area contributed by atoms with Crippen molar-refractivity contribution in [2.45, 2.75) is 17.4 Å². The molecule has 0 aliphatic heterocycles. The molecule has 18 heavy (non-hydrogen) atoms. The predicted octanol–water partition coefficient (Wildman–Crippen LogP) is 2.83. The molecule has 0 amide bonds. The Bertz CT molecular complexity index is 599. The quantitative estimate of drug-likeness (QED) is 0.633. The van der Waals surface area contributed by atoms with Crippen molar-refractivity contribution < 1.29 is 21.9 Å². The monoisotopic (exact) mass is 315 g/mol. The van der Waals surface area contributed by atoms with Crippen molar-refractivity contribution in [2.75, 3.05) is 0 Å². The number of benzene rings is 1. The van der Waals surface area contributed by atoms with Gasteiger partial charge in [-0.3, -0.25) is 0 Å². The topological polar surface area (TPSA) is 67.2 Å². The molecule has 1 aromatic rings. The summed E-state index contributed by atoms with van der Waals surface area (Å²) in [5, 5.41) is 8.74. The van der Waals surface area contributed by atoms with E-state index in [4.69, 9.17) is 27.5 Å². The van der Waals surface area contributed by atoms with Gasteiger partial charge in [0.15, 0.2) is 0 Å². The second-order valence-corrected chi connectivity index (χ2v) is 5.82. The number of hydrogen-bond acceptors (Lipinski definition) is 4. The van der Waals surface area contributed by atoms with Crippen LogP contribution in [0.4, 0.5) is 8.78 Å². The van der Waals surface area contributed by atoms with Crippen LogP contribution in [0, 0.1) is 11.3 Å². The lowest BCUT2D eigenvalue weighted by molar-refractivity contribution is -0.0500. The third-order valence-electron chi connectivity index (χ3n) is 1.91. The van der Waals surface area contributed by atoms with Crippen molar-refractivity contribution in [3.8, 4) is 11.8 Å². The molecule has 0 saturated heterocycles. The molecule has 0 fully saturated rings. The Hall–Kier alpha value is -1.10. The molecular formula is C9H5Cl2F2NO3S. The first kappa shape index (κ1) is 15.0. The second kappa shape index (κ2) is 5.69. The van der Waals surface area contributed by atoms with E-state index in [1.54, 1.807) is 6.07 Å². The van der Waals surface area contributed by atoms with Gasteiger partial charge in [0.05, 0.1) is 10.5 Å². The van der Waals surface area contributed by atoms with Gasteiger partial charge in [-0.25, -0.2) is 8.42 Å². The molecule has 0 unspecified atom stereocenters. The molecule has 0 bridgehead atoms. The molecule has 4 nitrogen and oxygen atoms in total. The van der Waals surface area contributed by atoms with Gasteiger partial charge in [-0.15, -0.1) is 11.6 Å². The number of rotatable bonds is 4. The highest BCUT2D eigenvalue weighted by Crippen LogP contribution is 2.30. The van der Waals surface area contributed by atoms with E-state index < -0.39 is 26.3 Å². The van der Waals surface area contributed by atoms with E-state index in [2.05, 4.69) is 4.74 Å². The van der Waals surface area contributed by atoms with Crippen molar-refractivity contribution in [1.29, 1.82) is 5.26 Å². The van der Waals surface area contributed by atoms with Gasteiger partial charge >= 0.3 is 6.61 Å². The molecule has 0 atom stereocenters. The largest absolute Gasteiger partial charge is 0.433 e. The van der Waals surface area contributed by atoms with Gasteiger partial charge in [-0.05, 0) is 17.7 Å². The number of nitriles is 1. The Morgan fingerprint density at radius 3 is 2.44 bits per heavy atom. The highest BCUT2D eigenvalue weighted by atomic mass is 35.7. The maximum atomic E-state index is 12.1. The van der Waals surface area contributed by atoms with Crippen molar-refractivity contribution in [1.82, 2.24) is 0 Å². The summed E-state index contributed by atoms with van der Waals surface area (Å²) in [4.78, 5) is -0.405. The molecule has 1 rings (SSSR count). The van der Waals surface area contributed by atoms with Crippen LogP contribution in [0.5, 0.6) is 5.75 Å². The van der Waals surface area contributed by atoms with Crippen molar-refractivity contribution in [3.63, 3.8) is 0 Å². The number of alkyl halides is 3. The summed E-state index contributed by atoms with van der Waals surface area (Å²) in [6, 6.07) is 3.34. The highest BCUT2D eigenvalue weighted by Gasteiger charge is 2.20. The average Bonchev–Trinajstić information content (AvgIpc) is 2.26. The van der Waals surface area contributed by atoms with E-state index >= 15 is 0 Å². The summed E-state index contributed by atoms with van der Waals surface area (Å²) in [5.74, 6) is -0.737. The normalized spacial score (nSPS) is 11.3. The molecule has 1 aromatic carbocycles. The summed E-state index contributed by atoms with van der Waals surface area (Å²) in [6.07, 6.45) is 0. The van der Waals surface area contributed by atoms with Gasteiger partial charge in [0, 0.05) is 16.6 Å². The van der Waals surface area contributed by atoms with E-state index in [0.29, 0.717) is 0 Å². The first-order valence-electron chi connectivity index (χ1n) is 4.32. The van der Waals surface area contributed by atoms with Crippen LogP contribution in [-0.4, -0.2) is 15.0 Å².